The molecule has 1 aromatic heterocycles. The van der Waals surface area contributed by atoms with E-state index in [1.165, 1.54) is 32.1 Å². The Hall–Kier alpha value is -0.300. The molecule has 1 heteroatoms. The van der Waals surface area contributed by atoms with Gasteiger partial charge in [0.05, 0.1) is 0 Å². The molecule has 0 aliphatic heterocycles. The second-order valence-electron chi connectivity index (χ2n) is 2.66. The normalized spacial score (nSPS) is 16.7. The van der Waals surface area contributed by atoms with Crippen molar-refractivity contribution in [1.29, 1.82) is 0 Å². The van der Waals surface area contributed by atoms with Gasteiger partial charge in [0.15, 0.2) is 0 Å². The van der Waals surface area contributed by atoms with Crippen LogP contribution in [0.5, 0.6) is 0 Å². The van der Waals surface area contributed by atoms with E-state index >= 15 is 0 Å². The first-order valence-corrected chi connectivity index (χ1v) is 5.09. The van der Waals surface area contributed by atoms with Crippen LogP contribution in [0.4, 0.5) is 0 Å². The zero-order valence-electron chi connectivity index (χ0n) is 6.75. The van der Waals surface area contributed by atoms with E-state index in [2.05, 4.69) is 11.8 Å². The summed E-state index contributed by atoms with van der Waals surface area (Å²) in [5, 5.41) is 4.89. The van der Waals surface area contributed by atoms with E-state index in [0.29, 0.717) is 0 Å². The van der Waals surface area contributed by atoms with Crippen LogP contribution in [0.2, 0.25) is 0 Å². The molecule has 60 valence electrons. The molecule has 0 bridgehead atoms. The molecule has 0 atom stereocenters. The smallest absolute Gasteiger partial charge is 0.0442 e. The molecule has 1 aliphatic rings. The van der Waals surface area contributed by atoms with Gasteiger partial charge in [-0.1, -0.05) is 38.2 Å². The van der Waals surface area contributed by atoms with E-state index in [1.807, 2.05) is 17.5 Å². The molecular weight excluding hydrogens is 152 g/mol. The van der Waals surface area contributed by atoms with Gasteiger partial charge >= 0.3 is 0 Å². The summed E-state index contributed by atoms with van der Waals surface area (Å²) >= 11 is 1.59. The minimum Gasteiger partial charge on any atom is -0.143 e. The SMILES string of the molecule is [CH]1CCCCC1.[c]1cccs1. The average molecular weight is 166 g/mol. The quantitative estimate of drug-likeness (QED) is 0.551. The Morgan fingerprint density at radius 1 is 1.09 bits per heavy atom. The van der Waals surface area contributed by atoms with Crippen molar-refractivity contribution < 1.29 is 0 Å². The molecule has 0 aromatic carbocycles. The Bertz CT molecular complexity index is 111. The lowest BCUT2D eigenvalue weighted by Crippen LogP contribution is -1.87. The van der Waals surface area contributed by atoms with Crippen LogP contribution >= 0.6 is 11.3 Å². The molecule has 1 heterocycles. The highest BCUT2D eigenvalue weighted by molar-refractivity contribution is 7.07. The summed E-state index contributed by atoms with van der Waals surface area (Å²) < 4.78 is 0. The third-order valence-corrected chi connectivity index (χ3v) is 2.26. The van der Waals surface area contributed by atoms with Crippen molar-refractivity contribution >= 4 is 11.3 Å². The fourth-order valence-corrected chi connectivity index (χ4v) is 1.49. The Balaban J connectivity index is 0.000000112. The van der Waals surface area contributed by atoms with Gasteiger partial charge in [0.2, 0.25) is 0 Å². The maximum atomic E-state index is 2.90. The molecule has 0 N–H and O–H groups in total. The van der Waals surface area contributed by atoms with Crippen molar-refractivity contribution in [2.75, 3.05) is 0 Å². The Labute approximate surface area is 73.3 Å². The van der Waals surface area contributed by atoms with Crippen LogP contribution in [0.1, 0.15) is 32.1 Å². The van der Waals surface area contributed by atoms with Crippen LogP contribution in [0.15, 0.2) is 17.5 Å². The molecule has 1 aromatic rings. The largest absolute Gasteiger partial charge is 0.143 e. The second-order valence-corrected chi connectivity index (χ2v) is 3.40. The lowest BCUT2D eigenvalue weighted by Gasteiger charge is -2.05. The molecule has 0 nitrogen and oxygen atoms in total. The Morgan fingerprint density at radius 3 is 2.09 bits per heavy atom. The summed E-state index contributed by atoms with van der Waals surface area (Å²) in [5.74, 6) is 0. The highest BCUT2D eigenvalue weighted by atomic mass is 32.1. The van der Waals surface area contributed by atoms with Gasteiger partial charge in [0.1, 0.15) is 0 Å². The van der Waals surface area contributed by atoms with E-state index in [4.69, 9.17) is 0 Å². The fourth-order valence-electron chi connectivity index (χ4n) is 1.09. The van der Waals surface area contributed by atoms with Crippen molar-refractivity contribution in [2.45, 2.75) is 32.1 Å². The monoisotopic (exact) mass is 166 g/mol. The van der Waals surface area contributed by atoms with Crippen LogP contribution in [-0.4, -0.2) is 0 Å². The molecule has 2 rings (SSSR count). The lowest BCUT2D eigenvalue weighted by atomic mass is 10.0. The summed E-state index contributed by atoms with van der Waals surface area (Å²) in [6.45, 7) is 0. The molecule has 0 amide bonds. The summed E-state index contributed by atoms with van der Waals surface area (Å²) in [6.07, 6.45) is 9.50. The lowest BCUT2D eigenvalue weighted by molar-refractivity contribution is 0.593. The van der Waals surface area contributed by atoms with E-state index in [1.54, 1.807) is 11.3 Å². The first-order valence-electron chi connectivity index (χ1n) is 4.21. The van der Waals surface area contributed by atoms with Crippen molar-refractivity contribution in [3.63, 3.8) is 0 Å². The van der Waals surface area contributed by atoms with Crippen molar-refractivity contribution in [1.82, 2.24) is 0 Å². The molecule has 0 unspecified atom stereocenters. The van der Waals surface area contributed by atoms with Crippen LogP contribution in [-0.2, 0) is 0 Å². The van der Waals surface area contributed by atoms with Crippen LogP contribution in [0.25, 0.3) is 0 Å². The fraction of sp³-hybridized carbons (Fsp3) is 0.500. The van der Waals surface area contributed by atoms with Crippen molar-refractivity contribution in [2.24, 2.45) is 0 Å². The highest BCUT2D eigenvalue weighted by Gasteiger charge is 1.95. The maximum Gasteiger partial charge on any atom is 0.0442 e. The van der Waals surface area contributed by atoms with Gasteiger partial charge < -0.3 is 0 Å². The predicted octanol–water partition coefficient (Wildman–Crippen LogP) is 3.70. The minimum atomic E-state index is 1.38. The van der Waals surface area contributed by atoms with Gasteiger partial charge in [0.25, 0.3) is 0 Å². The van der Waals surface area contributed by atoms with Crippen molar-refractivity contribution in [3.8, 4) is 0 Å². The van der Waals surface area contributed by atoms with E-state index in [-0.39, 0.29) is 0 Å². The standard InChI is InChI=1S/C6H11.C4H3S/c1-2-4-6-5-3-1;1-2-4-5-3-1/h1H,2-6H2;1-3H. The Morgan fingerprint density at radius 2 is 1.91 bits per heavy atom. The highest BCUT2D eigenvalue weighted by Crippen LogP contribution is 2.14. The average Bonchev–Trinajstić information content (AvgIpc) is 2.64. The first-order chi connectivity index (χ1) is 5.50. The van der Waals surface area contributed by atoms with Gasteiger partial charge in [-0.05, 0) is 17.9 Å². The molecule has 1 fully saturated rings. The van der Waals surface area contributed by atoms with Crippen molar-refractivity contribution in [3.05, 3.63) is 29.3 Å². The molecule has 1 saturated carbocycles. The molecule has 11 heavy (non-hydrogen) atoms. The number of rotatable bonds is 0. The van der Waals surface area contributed by atoms with Gasteiger partial charge in [-0.3, -0.25) is 0 Å². The first kappa shape index (κ1) is 8.79. The van der Waals surface area contributed by atoms with Gasteiger partial charge in [-0.25, -0.2) is 0 Å². The van der Waals surface area contributed by atoms with Gasteiger partial charge in [-0.15, -0.1) is 11.3 Å². The maximum absolute atomic E-state index is 2.90. The van der Waals surface area contributed by atoms with E-state index < -0.39 is 0 Å². The predicted molar refractivity (Wildman–Crippen MR) is 50.5 cm³/mol. The Kier molecular flexibility index (Phi) is 5.13. The summed E-state index contributed by atoms with van der Waals surface area (Å²) in [6, 6.07) is 3.86. The molecule has 0 saturated heterocycles. The van der Waals surface area contributed by atoms with E-state index in [9.17, 15) is 0 Å². The zero-order chi connectivity index (χ0) is 7.78. The topological polar surface area (TPSA) is 0 Å². The zero-order valence-corrected chi connectivity index (χ0v) is 7.57. The number of hydrogen-bond acceptors (Lipinski definition) is 1. The summed E-state index contributed by atoms with van der Waals surface area (Å²) in [7, 11) is 0. The summed E-state index contributed by atoms with van der Waals surface area (Å²) in [4.78, 5) is 0. The second kappa shape index (κ2) is 6.41. The summed E-state index contributed by atoms with van der Waals surface area (Å²) in [5.41, 5.74) is 0. The van der Waals surface area contributed by atoms with Gasteiger partial charge in [-0.2, -0.15) is 0 Å². The van der Waals surface area contributed by atoms with Crippen LogP contribution in [0.3, 0.4) is 0 Å². The molecule has 1 aliphatic carbocycles. The molecule has 2 radical (unpaired) electrons. The third-order valence-electron chi connectivity index (χ3n) is 1.70. The van der Waals surface area contributed by atoms with Crippen LogP contribution < -0.4 is 0 Å². The number of hydrogen-bond donors (Lipinski definition) is 0. The molecular formula is C10H14S. The molecule has 0 spiro atoms. The van der Waals surface area contributed by atoms with Gasteiger partial charge in [0, 0.05) is 5.38 Å². The number of thiophene rings is 1. The van der Waals surface area contributed by atoms with E-state index in [0.717, 1.165) is 0 Å². The van der Waals surface area contributed by atoms with Crippen LogP contribution in [0, 0.1) is 11.8 Å². The minimum absolute atomic E-state index is 1.38. The third kappa shape index (κ3) is 5.02.